The lowest BCUT2D eigenvalue weighted by molar-refractivity contribution is 0.119. The van der Waals surface area contributed by atoms with E-state index in [1.54, 1.807) is 0 Å². The number of benzene rings is 1. The molecule has 1 saturated carbocycles. The second-order valence-corrected chi connectivity index (χ2v) is 5.91. The zero-order chi connectivity index (χ0) is 13.9. The standard InChI is InChI=1S/C16H22F2N2.2ClH/c17-13-6-3-7-14(18)15(13)16(12-4-1-2-5-12)20-10-8-19-9-11-20;;/h3,6-7,12,16,19H,1-2,4-5,8-11H2;2*1H/t16-;;/m0../s1. The van der Waals surface area contributed by atoms with Gasteiger partial charge in [0.25, 0.3) is 0 Å². The van der Waals surface area contributed by atoms with Gasteiger partial charge in [-0.25, -0.2) is 8.78 Å². The maximum Gasteiger partial charge on any atom is 0.130 e. The zero-order valence-electron chi connectivity index (χ0n) is 12.6. The fourth-order valence-corrected chi connectivity index (χ4v) is 3.74. The monoisotopic (exact) mass is 352 g/mol. The van der Waals surface area contributed by atoms with E-state index in [4.69, 9.17) is 0 Å². The summed E-state index contributed by atoms with van der Waals surface area (Å²) in [6.45, 7) is 3.54. The first kappa shape index (κ1) is 19.6. The third-order valence-electron chi connectivity index (χ3n) is 4.69. The molecule has 1 saturated heterocycles. The summed E-state index contributed by atoms with van der Waals surface area (Å²) in [4.78, 5) is 2.27. The lowest BCUT2D eigenvalue weighted by Crippen LogP contribution is -2.47. The number of hydrogen-bond donors (Lipinski definition) is 1. The molecular weight excluding hydrogens is 329 g/mol. The predicted molar refractivity (Wildman–Crippen MR) is 90.0 cm³/mol. The highest BCUT2D eigenvalue weighted by atomic mass is 35.5. The predicted octanol–water partition coefficient (Wildman–Crippen LogP) is 3.94. The molecule has 1 aromatic rings. The van der Waals surface area contributed by atoms with E-state index < -0.39 is 0 Å². The molecule has 2 nitrogen and oxygen atoms in total. The van der Waals surface area contributed by atoms with Crippen molar-refractivity contribution in [2.45, 2.75) is 31.7 Å². The van der Waals surface area contributed by atoms with Crippen LogP contribution in [0, 0.1) is 17.6 Å². The summed E-state index contributed by atoms with van der Waals surface area (Å²) in [7, 11) is 0. The van der Waals surface area contributed by atoms with Crippen LogP contribution in [0.2, 0.25) is 0 Å². The smallest absolute Gasteiger partial charge is 0.130 e. The van der Waals surface area contributed by atoms with Crippen LogP contribution in [0.3, 0.4) is 0 Å². The maximum atomic E-state index is 14.2. The molecule has 1 aromatic carbocycles. The summed E-state index contributed by atoms with van der Waals surface area (Å²) in [5.74, 6) is -0.389. The molecule has 6 heteroatoms. The molecular formula is C16H24Cl2F2N2. The minimum Gasteiger partial charge on any atom is -0.314 e. The van der Waals surface area contributed by atoms with Crippen molar-refractivity contribution in [1.82, 2.24) is 10.2 Å². The third kappa shape index (κ3) is 4.10. The van der Waals surface area contributed by atoms with E-state index in [1.165, 1.54) is 31.0 Å². The summed E-state index contributed by atoms with van der Waals surface area (Å²) in [5.41, 5.74) is 0.293. The van der Waals surface area contributed by atoms with Gasteiger partial charge in [0.05, 0.1) is 0 Å². The van der Waals surface area contributed by atoms with Crippen LogP contribution < -0.4 is 5.32 Å². The highest BCUT2D eigenvalue weighted by Gasteiger charge is 2.35. The lowest BCUT2D eigenvalue weighted by atomic mass is 9.89. The van der Waals surface area contributed by atoms with Crippen LogP contribution in [0.4, 0.5) is 8.78 Å². The zero-order valence-corrected chi connectivity index (χ0v) is 14.2. The molecule has 2 aliphatic rings. The molecule has 1 heterocycles. The molecule has 1 aliphatic heterocycles. The van der Waals surface area contributed by atoms with Gasteiger partial charge in [-0.3, -0.25) is 4.90 Å². The molecule has 0 radical (unpaired) electrons. The van der Waals surface area contributed by atoms with Crippen LogP contribution in [0.25, 0.3) is 0 Å². The number of hydrogen-bond acceptors (Lipinski definition) is 2. The van der Waals surface area contributed by atoms with Crippen molar-refractivity contribution in [3.8, 4) is 0 Å². The molecule has 1 atom stereocenters. The minimum atomic E-state index is -0.388. The second-order valence-electron chi connectivity index (χ2n) is 5.91. The fraction of sp³-hybridized carbons (Fsp3) is 0.625. The van der Waals surface area contributed by atoms with Gasteiger partial charge in [0.1, 0.15) is 11.6 Å². The molecule has 1 aliphatic carbocycles. The first-order valence-corrected chi connectivity index (χ1v) is 7.66. The van der Waals surface area contributed by atoms with Gasteiger partial charge in [-0.05, 0) is 30.9 Å². The van der Waals surface area contributed by atoms with E-state index in [1.807, 2.05) is 0 Å². The SMILES string of the molecule is Cl.Cl.Fc1cccc(F)c1[C@H](C1CCCC1)N1CCNCC1. The van der Waals surface area contributed by atoms with Crippen LogP contribution in [0.5, 0.6) is 0 Å². The average Bonchev–Trinajstić information content (AvgIpc) is 2.98. The quantitative estimate of drug-likeness (QED) is 0.885. The molecule has 0 spiro atoms. The largest absolute Gasteiger partial charge is 0.314 e. The van der Waals surface area contributed by atoms with E-state index in [-0.39, 0.29) is 42.5 Å². The van der Waals surface area contributed by atoms with Gasteiger partial charge >= 0.3 is 0 Å². The molecule has 0 amide bonds. The Bertz CT molecular complexity index is 441. The summed E-state index contributed by atoms with van der Waals surface area (Å²) in [6, 6.07) is 4.14. The van der Waals surface area contributed by atoms with Crippen LogP contribution >= 0.6 is 24.8 Å². The Hall–Kier alpha value is -0.420. The van der Waals surface area contributed by atoms with Crippen molar-refractivity contribution < 1.29 is 8.78 Å². The van der Waals surface area contributed by atoms with Gasteiger partial charge < -0.3 is 5.32 Å². The van der Waals surface area contributed by atoms with E-state index >= 15 is 0 Å². The molecule has 3 rings (SSSR count). The molecule has 126 valence electrons. The van der Waals surface area contributed by atoms with Gasteiger partial charge in [-0.15, -0.1) is 24.8 Å². The lowest BCUT2D eigenvalue weighted by Gasteiger charge is -2.38. The Labute approximate surface area is 143 Å². The van der Waals surface area contributed by atoms with Crippen molar-refractivity contribution in [2.75, 3.05) is 26.2 Å². The Morgan fingerprint density at radius 3 is 2.09 bits per heavy atom. The summed E-state index contributed by atoms with van der Waals surface area (Å²) in [5, 5.41) is 3.31. The molecule has 0 bridgehead atoms. The third-order valence-corrected chi connectivity index (χ3v) is 4.69. The maximum absolute atomic E-state index is 14.2. The van der Waals surface area contributed by atoms with Gasteiger partial charge in [0, 0.05) is 37.8 Å². The summed E-state index contributed by atoms with van der Waals surface area (Å²) in [6.07, 6.45) is 4.54. The summed E-state index contributed by atoms with van der Waals surface area (Å²) < 4.78 is 28.5. The summed E-state index contributed by atoms with van der Waals surface area (Å²) >= 11 is 0. The Morgan fingerprint density at radius 2 is 1.55 bits per heavy atom. The average molecular weight is 353 g/mol. The Kier molecular flexibility index (Phi) is 8.04. The van der Waals surface area contributed by atoms with Gasteiger partial charge in [0.2, 0.25) is 0 Å². The van der Waals surface area contributed by atoms with Crippen molar-refractivity contribution >= 4 is 24.8 Å². The van der Waals surface area contributed by atoms with E-state index in [0.29, 0.717) is 11.5 Å². The highest BCUT2D eigenvalue weighted by Crippen LogP contribution is 2.41. The molecule has 0 aromatic heterocycles. The molecule has 22 heavy (non-hydrogen) atoms. The van der Waals surface area contributed by atoms with Crippen LogP contribution in [-0.4, -0.2) is 31.1 Å². The topological polar surface area (TPSA) is 15.3 Å². The molecule has 0 unspecified atom stereocenters. The highest BCUT2D eigenvalue weighted by molar-refractivity contribution is 5.85. The van der Waals surface area contributed by atoms with Crippen molar-refractivity contribution in [2.24, 2.45) is 5.92 Å². The van der Waals surface area contributed by atoms with E-state index in [2.05, 4.69) is 10.2 Å². The van der Waals surface area contributed by atoms with Gasteiger partial charge in [-0.2, -0.15) is 0 Å². The van der Waals surface area contributed by atoms with E-state index in [0.717, 1.165) is 39.0 Å². The Morgan fingerprint density at radius 1 is 1.00 bits per heavy atom. The first-order valence-electron chi connectivity index (χ1n) is 7.66. The number of rotatable bonds is 3. The van der Waals surface area contributed by atoms with Crippen molar-refractivity contribution in [3.05, 3.63) is 35.4 Å². The molecule has 1 N–H and O–H groups in total. The van der Waals surface area contributed by atoms with E-state index in [9.17, 15) is 8.78 Å². The Balaban J connectivity index is 0.00000121. The number of nitrogens with one attached hydrogen (secondary N) is 1. The van der Waals surface area contributed by atoms with Crippen molar-refractivity contribution in [3.63, 3.8) is 0 Å². The van der Waals surface area contributed by atoms with Crippen LogP contribution in [-0.2, 0) is 0 Å². The van der Waals surface area contributed by atoms with Gasteiger partial charge in [-0.1, -0.05) is 18.9 Å². The number of nitrogens with zero attached hydrogens (tertiary/aromatic N) is 1. The molecule has 2 fully saturated rings. The first-order chi connectivity index (χ1) is 9.77. The van der Waals surface area contributed by atoms with Crippen molar-refractivity contribution in [1.29, 1.82) is 0 Å². The van der Waals surface area contributed by atoms with Crippen LogP contribution in [0.1, 0.15) is 37.3 Å². The minimum absolute atomic E-state index is 0. The second kappa shape index (κ2) is 9.02. The number of piperazine rings is 1. The van der Waals surface area contributed by atoms with Gasteiger partial charge in [0.15, 0.2) is 0 Å². The van der Waals surface area contributed by atoms with Crippen LogP contribution in [0.15, 0.2) is 18.2 Å². The normalized spacial score (nSPS) is 21.0. The fourth-order valence-electron chi connectivity index (χ4n) is 3.74. The number of halogens is 4.